The molecule has 0 spiro atoms. The summed E-state index contributed by atoms with van der Waals surface area (Å²) >= 11 is 0. The van der Waals surface area contributed by atoms with Crippen molar-refractivity contribution in [3.8, 4) is 28.4 Å². The maximum absolute atomic E-state index is 13.1. The third kappa shape index (κ3) is 3.39. The van der Waals surface area contributed by atoms with E-state index in [0.29, 0.717) is 44.9 Å². The van der Waals surface area contributed by atoms with E-state index in [1.807, 2.05) is 19.1 Å². The quantitative estimate of drug-likeness (QED) is 0.411. The fourth-order valence-electron chi connectivity index (χ4n) is 4.00. The predicted molar refractivity (Wildman–Crippen MR) is 120 cm³/mol. The van der Waals surface area contributed by atoms with Crippen LogP contribution >= 0.6 is 0 Å². The molecule has 2 heterocycles. The van der Waals surface area contributed by atoms with Gasteiger partial charge in [-0.3, -0.25) is 4.79 Å². The van der Waals surface area contributed by atoms with Crippen LogP contribution in [0.4, 0.5) is 0 Å². The zero-order valence-corrected chi connectivity index (χ0v) is 17.9. The molecule has 0 fully saturated rings. The molecule has 1 aliphatic rings. The molecule has 6 nitrogen and oxygen atoms in total. The lowest BCUT2D eigenvalue weighted by molar-refractivity contribution is 0.0737. The lowest BCUT2D eigenvalue weighted by Crippen LogP contribution is -2.08. The molecule has 0 N–H and O–H groups in total. The summed E-state index contributed by atoms with van der Waals surface area (Å²) in [6, 6.07) is 15.8. The van der Waals surface area contributed by atoms with Crippen molar-refractivity contribution in [1.29, 1.82) is 0 Å². The van der Waals surface area contributed by atoms with Crippen molar-refractivity contribution >= 4 is 16.7 Å². The maximum atomic E-state index is 13.1. The minimum absolute atomic E-state index is 0.154. The Kier molecular flexibility index (Phi) is 4.70. The van der Waals surface area contributed by atoms with Crippen molar-refractivity contribution in [3.63, 3.8) is 0 Å². The highest BCUT2D eigenvalue weighted by Gasteiger charge is 2.20. The van der Waals surface area contributed by atoms with Gasteiger partial charge in [0.2, 0.25) is 6.79 Å². The predicted octanol–water partition coefficient (Wildman–Crippen LogP) is 5.33. The number of esters is 1. The Bertz CT molecular complexity index is 1450. The Morgan fingerprint density at radius 3 is 2.44 bits per heavy atom. The Morgan fingerprint density at radius 1 is 0.844 bits per heavy atom. The van der Waals surface area contributed by atoms with Gasteiger partial charge in [0.15, 0.2) is 16.9 Å². The third-order valence-corrected chi connectivity index (χ3v) is 5.49. The van der Waals surface area contributed by atoms with Crippen LogP contribution < -0.4 is 19.6 Å². The number of rotatable bonds is 3. The molecule has 3 aromatic carbocycles. The van der Waals surface area contributed by atoms with E-state index >= 15 is 0 Å². The standard InChI is InChI=1S/C26H20O6/c1-14-5-4-6-18(9-14)26(28)32-23-12-19(17-7-8-21-22(11-17)30-13-29-21)10-20(27)24-15(2)31-16(3)25(23)24/h4-12H,13H2,1-3H3. The van der Waals surface area contributed by atoms with Crippen LogP contribution in [-0.4, -0.2) is 12.8 Å². The second-order valence-electron chi connectivity index (χ2n) is 7.76. The molecule has 0 bridgehead atoms. The van der Waals surface area contributed by atoms with E-state index in [-0.39, 0.29) is 18.0 Å². The first-order valence-electron chi connectivity index (χ1n) is 10.2. The number of carbonyl (C=O) groups excluding carboxylic acids is 1. The monoisotopic (exact) mass is 428 g/mol. The van der Waals surface area contributed by atoms with Crippen molar-refractivity contribution in [2.45, 2.75) is 20.8 Å². The van der Waals surface area contributed by atoms with Crippen LogP contribution in [0, 0.1) is 20.8 Å². The van der Waals surface area contributed by atoms with Crippen LogP contribution in [0.1, 0.15) is 27.4 Å². The molecule has 0 saturated carbocycles. The largest absolute Gasteiger partial charge is 0.465 e. The van der Waals surface area contributed by atoms with Gasteiger partial charge in [-0.15, -0.1) is 0 Å². The summed E-state index contributed by atoms with van der Waals surface area (Å²) in [5.41, 5.74) is 2.48. The summed E-state index contributed by atoms with van der Waals surface area (Å²) in [6.07, 6.45) is 0. The number of ether oxygens (including phenoxy) is 3. The van der Waals surface area contributed by atoms with E-state index in [1.165, 1.54) is 6.07 Å². The molecule has 160 valence electrons. The number of hydrogen-bond donors (Lipinski definition) is 0. The number of hydrogen-bond acceptors (Lipinski definition) is 6. The second kappa shape index (κ2) is 7.57. The van der Waals surface area contributed by atoms with Gasteiger partial charge >= 0.3 is 5.97 Å². The highest BCUT2D eigenvalue weighted by molar-refractivity contribution is 5.97. The van der Waals surface area contributed by atoms with Crippen molar-refractivity contribution in [1.82, 2.24) is 0 Å². The van der Waals surface area contributed by atoms with Crippen LogP contribution in [0.2, 0.25) is 0 Å². The van der Waals surface area contributed by atoms with E-state index in [0.717, 1.165) is 11.1 Å². The van der Waals surface area contributed by atoms with Gasteiger partial charge < -0.3 is 18.6 Å². The average Bonchev–Trinajstić information content (AvgIpc) is 3.31. The Labute approximate surface area is 184 Å². The Morgan fingerprint density at radius 2 is 1.62 bits per heavy atom. The van der Waals surface area contributed by atoms with Crippen molar-refractivity contribution in [2.24, 2.45) is 0 Å². The second-order valence-corrected chi connectivity index (χ2v) is 7.76. The van der Waals surface area contributed by atoms with Gasteiger partial charge in [-0.2, -0.15) is 0 Å². The van der Waals surface area contributed by atoms with Crippen molar-refractivity contribution < 1.29 is 23.4 Å². The minimum atomic E-state index is -0.511. The average molecular weight is 428 g/mol. The van der Waals surface area contributed by atoms with E-state index in [4.69, 9.17) is 18.6 Å². The van der Waals surface area contributed by atoms with Gasteiger partial charge in [0.1, 0.15) is 17.3 Å². The van der Waals surface area contributed by atoms with Gasteiger partial charge in [-0.25, -0.2) is 4.79 Å². The molecule has 0 saturated heterocycles. The molecular weight excluding hydrogens is 408 g/mol. The van der Waals surface area contributed by atoms with Gasteiger partial charge in [-0.1, -0.05) is 23.8 Å². The fourth-order valence-corrected chi connectivity index (χ4v) is 4.00. The molecular formula is C26H20O6. The molecule has 1 aromatic heterocycles. The zero-order valence-electron chi connectivity index (χ0n) is 17.9. The summed E-state index contributed by atoms with van der Waals surface area (Å²) < 4.78 is 22.4. The van der Waals surface area contributed by atoms with Crippen LogP contribution in [0.25, 0.3) is 21.9 Å². The summed E-state index contributed by atoms with van der Waals surface area (Å²) in [4.78, 5) is 26.1. The van der Waals surface area contributed by atoms with Crippen LogP contribution in [-0.2, 0) is 0 Å². The zero-order chi connectivity index (χ0) is 22.4. The summed E-state index contributed by atoms with van der Waals surface area (Å²) in [5.74, 6) is 1.98. The third-order valence-electron chi connectivity index (χ3n) is 5.49. The number of benzene rings is 2. The van der Waals surface area contributed by atoms with E-state index in [2.05, 4.69) is 0 Å². The lowest BCUT2D eigenvalue weighted by atomic mass is 10.1. The number of furan rings is 1. The first-order chi connectivity index (χ1) is 15.4. The fraction of sp³-hybridized carbons (Fsp3) is 0.154. The number of fused-ring (bicyclic) bond motifs is 2. The topological polar surface area (TPSA) is 75.0 Å². The van der Waals surface area contributed by atoms with Crippen LogP contribution in [0.15, 0.2) is 63.8 Å². The summed E-state index contributed by atoms with van der Waals surface area (Å²) in [6.45, 7) is 5.53. The molecule has 4 aromatic rings. The summed E-state index contributed by atoms with van der Waals surface area (Å²) in [7, 11) is 0. The normalized spacial score (nSPS) is 12.2. The molecule has 32 heavy (non-hydrogen) atoms. The Balaban J connectivity index is 1.70. The van der Waals surface area contributed by atoms with E-state index in [9.17, 15) is 9.59 Å². The minimum Gasteiger partial charge on any atom is -0.465 e. The highest BCUT2D eigenvalue weighted by Crippen LogP contribution is 2.38. The van der Waals surface area contributed by atoms with Crippen molar-refractivity contribution in [2.75, 3.05) is 6.79 Å². The lowest BCUT2D eigenvalue weighted by Gasteiger charge is -2.07. The first-order valence-corrected chi connectivity index (χ1v) is 10.2. The van der Waals surface area contributed by atoms with Gasteiger partial charge in [0, 0.05) is 0 Å². The first kappa shape index (κ1) is 19.9. The van der Waals surface area contributed by atoms with E-state index in [1.54, 1.807) is 50.2 Å². The molecule has 6 heteroatoms. The molecule has 0 radical (unpaired) electrons. The number of aryl methyl sites for hydroxylation is 3. The molecule has 0 unspecified atom stereocenters. The number of carbonyl (C=O) groups is 1. The molecule has 5 rings (SSSR count). The van der Waals surface area contributed by atoms with E-state index < -0.39 is 5.97 Å². The van der Waals surface area contributed by atoms with Crippen LogP contribution in [0.3, 0.4) is 0 Å². The SMILES string of the molecule is Cc1cccc(C(=O)Oc2cc(-c3ccc4c(c3)OCO4)cc(=O)c3c(C)oc(C)c23)c1. The molecule has 0 atom stereocenters. The summed E-state index contributed by atoms with van der Waals surface area (Å²) in [5, 5.41) is 0.877. The van der Waals surface area contributed by atoms with Crippen molar-refractivity contribution in [3.05, 3.63) is 87.5 Å². The van der Waals surface area contributed by atoms with Gasteiger partial charge in [0.25, 0.3) is 0 Å². The van der Waals surface area contributed by atoms with Gasteiger partial charge in [0.05, 0.1) is 16.3 Å². The molecule has 1 aliphatic heterocycles. The van der Waals surface area contributed by atoms with Crippen LogP contribution in [0.5, 0.6) is 17.2 Å². The Hall–Kier alpha value is -4.06. The molecule has 0 amide bonds. The van der Waals surface area contributed by atoms with Gasteiger partial charge in [-0.05, 0) is 68.3 Å². The maximum Gasteiger partial charge on any atom is 0.343 e. The smallest absolute Gasteiger partial charge is 0.343 e. The highest BCUT2D eigenvalue weighted by atomic mass is 16.7. The molecule has 0 aliphatic carbocycles.